The Labute approximate surface area is 253 Å². The largest absolute Gasteiger partial charge is 0.431 e. The Morgan fingerprint density at radius 2 is 1.38 bits per heavy atom. The van der Waals surface area contributed by atoms with Crippen LogP contribution in [0.5, 0.6) is 0 Å². The zero-order chi connectivity index (χ0) is 29.3. The van der Waals surface area contributed by atoms with Crippen molar-refractivity contribution in [2.75, 3.05) is 6.26 Å². The average molecular weight is 576 g/mol. The van der Waals surface area contributed by atoms with Crippen LogP contribution in [0, 0.1) is 5.92 Å². The fourth-order valence-corrected chi connectivity index (χ4v) is 8.11. The molecular weight excluding hydrogens is 538 g/mol. The van der Waals surface area contributed by atoms with E-state index in [1.165, 1.54) is 11.8 Å². The van der Waals surface area contributed by atoms with Crippen molar-refractivity contribution in [2.24, 2.45) is 5.92 Å². The van der Waals surface area contributed by atoms with Gasteiger partial charge in [0, 0.05) is 11.1 Å². The van der Waals surface area contributed by atoms with Crippen LogP contribution >= 0.6 is 11.8 Å². The number of thioether (sulfide) groups is 1. The van der Waals surface area contributed by atoms with Crippen molar-refractivity contribution in [1.82, 2.24) is 4.90 Å². The molecule has 0 spiro atoms. The highest BCUT2D eigenvalue weighted by Gasteiger charge is 2.62. The third-order valence-corrected chi connectivity index (χ3v) is 9.78. The molecule has 42 heavy (non-hydrogen) atoms. The first-order valence-corrected chi connectivity index (χ1v) is 15.9. The lowest BCUT2D eigenvalue weighted by molar-refractivity contribution is 0.00416. The zero-order valence-corrected chi connectivity index (χ0v) is 25.1. The molecule has 0 bridgehead atoms. The fraction of sp³-hybridized carbons (Fsp3) is 0.270. The first kappa shape index (κ1) is 28.3. The summed E-state index contributed by atoms with van der Waals surface area (Å²) in [5.41, 5.74) is 3.25. The molecule has 1 aliphatic heterocycles. The van der Waals surface area contributed by atoms with Gasteiger partial charge in [0.25, 0.3) is 0 Å². The second kappa shape index (κ2) is 11.5. The van der Waals surface area contributed by atoms with Crippen molar-refractivity contribution in [1.29, 1.82) is 0 Å². The van der Waals surface area contributed by atoms with Crippen molar-refractivity contribution in [3.05, 3.63) is 149 Å². The Kier molecular flexibility index (Phi) is 7.73. The molecular formula is C37H37NO3S. The van der Waals surface area contributed by atoms with Crippen LogP contribution in [-0.2, 0) is 22.4 Å². The number of amides is 1. The second-order valence-electron chi connectivity index (χ2n) is 11.5. The predicted molar refractivity (Wildman–Crippen MR) is 171 cm³/mol. The quantitative estimate of drug-likeness (QED) is 0.243. The van der Waals surface area contributed by atoms with E-state index in [1.54, 1.807) is 0 Å². The molecule has 4 aromatic rings. The summed E-state index contributed by atoms with van der Waals surface area (Å²) >= 11 is 1.50. The Hall–Kier alpha value is -3.80. The fourth-order valence-electron chi connectivity index (χ4n) is 7.04. The standard InChI is InChI=1S/C37H37NO3S/c1-26(2)33-37(29-18-9-5-10-19-29,30-20-11-6-12-21-30)41-35(39)38(33)34(42-3)36(40)31(25-27-15-7-4-8-16-27)24-23-28-17-13-14-22-32(28)36/h4-22,25-26,33-34,40H,23-24H2,1-3H3/b31-25+/t33-,34-,36+/m0/s1. The maximum atomic E-state index is 14.4. The number of aliphatic hydroxyl groups is 1. The first-order chi connectivity index (χ1) is 20.4. The van der Waals surface area contributed by atoms with Crippen molar-refractivity contribution in [3.63, 3.8) is 0 Å². The highest BCUT2D eigenvalue weighted by atomic mass is 32.2. The third-order valence-electron chi connectivity index (χ3n) is 8.77. The number of nitrogens with zero attached hydrogens (tertiary/aromatic N) is 1. The number of hydrogen-bond donors (Lipinski definition) is 1. The van der Waals surface area contributed by atoms with Gasteiger partial charge in [-0.15, -0.1) is 11.8 Å². The lowest BCUT2D eigenvalue weighted by atomic mass is 9.72. The number of ether oxygens (including phenoxy) is 1. The Balaban J connectivity index is 1.57. The lowest BCUT2D eigenvalue weighted by Crippen LogP contribution is -2.57. The normalized spacial score (nSPS) is 23.1. The molecule has 1 fully saturated rings. The van der Waals surface area contributed by atoms with Gasteiger partial charge in [-0.1, -0.05) is 135 Å². The number of carbonyl (C=O) groups excluding carboxylic acids is 1. The summed E-state index contributed by atoms with van der Waals surface area (Å²) in [6, 6.07) is 37.9. The van der Waals surface area contributed by atoms with Crippen LogP contribution in [0.15, 0.2) is 121 Å². The van der Waals surface area contributed by atoms with E-state index in [0.717, 1.165) is 39.8 Å². The van der Waals surface area contributed by atoms with E-state index >= 15 is 0 Å². The number of benzene rings is 4. The number of rotatable bonds is 7. The van der Waals surface area contributed by atoms with Gasteiger partial charge in [0.15, 0.2) is 5.60 Å². The minimum Gasteiger partial charge on any atom is -0.431 e. The van der Waals surface area contributed by atoms with E-state index in [4.69, 9.17) is 4.74 Å². The monoisotopic (exact) mass is 575 g/mol. The molecule has 1 heterocycles. The molecule has 0 unspecified atom stereocenters. The smallest absolute Gasteiger partial charge is 0.412 e. The van der Waals surface area contributed by atoms with E-state index in [0.29, 0.717) is 6.42 Å². The predicted octanol–water partition coefficient (Wildman–Crippen LogP) is 8.01. The van der Waals surface area contributed by atoms with Crippen molar-refractivity contribution < 1.29 is 14.6 Å². The number of hydrogen-bond acceptors (Lipinski definition) is 4. The molecule has 3 atom stereocenters. The van der Waals surface area contributed by atoms with Gasteiger partial charge in [-0.25, -0.2) is 4.79 Å². The SMILES string of the molecule is CS[C@H](N1C(=O)OC(c2ccccc2)(c2ccccc2)[C@@H]1C(C)C)[C@@]1(O)/C(=C/c2ccccc2)CCc2ccccc21. The molecule has 4 aromatic carbocycles. The van der Waals surface area contributed by atoms with Gasteiger partial charge >= 0.3 is 6.09 Å². The van der Waals surface area contributed by atoms with Crippen molar-refractivity contribution in [2.45, 2.75) is 49.3 Å². The summed E-state index contributed by atoms with van der Waals surface area (Å²) in [7, 11) is 0. The van der Waals surface area contributed by atoms with Gasteiger partial charge in [0.1, 0.15) is 11.0 Å². The van der Waals surface area contributed by atoms with E-state index in [2.05, 4.69) is 38.1 Å². The minimum absolute atomic E-state index is 0.00972. The topological polar surface area (TPSA) is 49.8 Å². The molecule has 4 nitrogen and oxygen atoms in total. The number of fused-ring (bicyclic) bond motifs is 1. The number of cyclic esters (lactones) is 1. The maximum absolute atomic E-state index is 14.4. The summed E-state index contributed by atoms with van der Waals surface area (Å²) in [6.07, 6.45) is 5.18. The third kappa shape index (κ3) is 4.56. The van der Waals surface area contributed by atoms with Crippen LogP contribution in [0.25, 0.3) is 6.08 Å². The summed E-state index contributed by atoms with van der Waals surface area (Å²) in [6.45, 7) is 4.27. The first-order valence-electron chi connectivity index (χ1n) is 14.6. The summed E-state index contributed by atoms with van der Waals surface area (Å²) < 4.78 is 6.61. The van der Waals surface area contributed by atoms with Crippen LogP contribution in [0.1, 0.15) is 48.1 Å². The van der Waals surface area contributed by atoms with E-state index < -0.39 is 22.7 Å². The molecule has 214 valence electrons. The molecule has 2 aliphatic rings. The molecule has 1 aliphatic carbocycles. The van der Waals surface area contributed by atoms with Crippen molar-refractivity contribution >= 4 is 23.9 Å². The summed E-state index contributed by atoms with van der Waals surface area (Å²) in [5.74, 6) is 0.00972. The maximum Gasteiger partial charge on any atom is 0.412 e. The van der Waals surface area contributed by atoms with Gasteiger partial charge in [0.05, 0.1) is 6.04 Å². The Morgan fingerprint density at radius 1 is 0.833 bits per heavy atom. The van der Waals surface area contributed by atoms with E-state index in [9.17, 15) is 9.90 Å². The number of aryl methyl sites for hydroxylation is 1. The second-order valence-corrected chi connectivity index (χ2v) is 12.4. The molecule has 0 aromatic heterocycles. The van der Waals surface area contributed by atoms with E-state index in [-0.39, 0.29) is 12.0 Å². The van der Waals surface area contributed by atoms with Crippen LogP contribution in [0.3, 0.4) is 0 Å². The molecule has 1 saturated heterocycles. The zero-order valence-electron chi connectivity index (χ0n) is 24.3. The molecule has 1 N–H and O–H groups in total. The summed E-state index contributed by atoms with van der Waals surface area (Å²) in [5, 5.41) is 12.5. The molecule has 0 saturated carbocycles. The van der Waals surface area contributed by atoms with Crippen LogP contribution in [0.4, 0.5) is 4.79 Å². The van der Waals surface area contributed by atoms with Crippen LogP contribution < -0.4 is 0 Å². The summed E-state index contributed by atoms with van der Waals surface area (Å²) in [4.78, 5) is 16.2. The van der Waals surface area contributed by atoms with Gasteiger partial charge in [-0.3, -0.25) is 4.90 Å². The van der Waals surface area contributed by atoms with Gasteiger partial charge in [-0.2, -0.15) is 0 Å². The van der Waals surface area contributed by atoms with Crippen molar-refractivity contribution in [3.8, 4) is 0 Å². The number of carbonyl (C=O) groups is 1. The molecule has 6 rings (SSSR count). The molecule has 0 radical (unpaired) electrons. The Morgan fingerprint density at radius 3 is 1.95 bits per heavy atom. The van der Waals surface area contributed by atoms with Crippen LogP contribution in [0.2, 0.25) is 0 Å². The lowest BCUT2D eigenvalue weighted by Gasteiger charge is -2.48. The average Bonchev–Trinajstić information content (AvgIpc) is 3.34. The van der Waals surface area contributed by atoms with Gasteiger partial charge in [-0.05, 0) is 47.3 Å². The Bertz CT molecular complexity index is 1530. The van der Waals surface area contributed by atoms with Gasteiger partial charge in [0.2, 0.25) is 0 Å². The molecule has 1 amide bonds. The highest BCUT2D eigenvalue weighted by Crippen LogP contribution is 2.54. The minimum atomic E-state index is -1.43. The van der Waals surface area contributed by atoms with E-state index in [1.807, 2.05) is 108 Å². The molecule has 5 heteroatoms. The highest BCUT2D eigenvalue weighted by molar-refractivity contribution is 7.99. The van der Waals surface area contributed by atoms with Gasteiger partial charge < -0.3 is 9.84 Å². The van der Waals surface area contributed by atoms with Crippen LogP contribution in [-0.4, -0.2) is 33.8 Å².